The van der Waals surface area contributed by atoms with Crippen molar-refractivity contribution in [2.24, 2.45) is 0 Å². The van der Waals surface area contributed by atoms with Gasteiger partial charge in [-0.3, -0.25) is 4.79 Å². The van der Waals surface area contributed by atoms with Gasteiger partial charge in [-0.2, -0.15) is 0 Å². The third-order valence-corrected chi connectivity index (χ3v) is 4.58. The van der Waals surface area contributed by atoms with Crippen molar-refractivity contribution in [3.05, 3.63) is 65.2 Å². The number of fused-ring (bicyclic) bond motifs is 1. The number of quaternary nitrogens is 1. The predicted molar refractivity (Wildman–Crippen MR) is 89.0 cm³/mol. The van der Waals surface area contributed by atoms with Gasteiger partial charge in [0.1, 0.15) is 6.54 Å². The molecule has 1 heterocycles. The van der Waals surface area contributed by atoms with Crippen molar-refractivity contribution in [1.82, 2.24) is 0 Å². The average Bonchev–Trinajstić information content (AvgIpc) is 2.55. The standard InChI is InChI=1S/C19H22N2O/c1-14-7-9-18(10-8-14)20-19(22)15(2)21-12-11-16-5-3-4-6-17(16)13-21/h3-10,15H,11-13H2,1-2H3,(H,20,22)/p+1/t15-/m1/s1. The highest BCUT2D eigenvalue weighted by atomic mass is 16.2. The van der Waals surface area contributed by atoms with Crippen LogP contribution in [-0.2, 0) is 17.8 Å². The molecule has 3 nitrogen and oxygen atoms in total. The van der Waals surface area contributed by atoms with E-state index in [2.05, 4.69) is 29.6 Å². The van der Waals surface area contributed by atoms with Crippen LogP contribution < -0.4 is 10.2 Å². The lowest BCUT2D eigenvalue weighted by molar-refractivity contribution is -0.929. The van der Waals surface area contributed by atoms with Crippen LogP contribution in [0.15, 0.2) is 48.5 Å². The molecule has 1 aliphatic rings. The van der Waals surface area contributed by atoms with Crippen LogP contribution in [0.5, 0.6) is 0 Å². The Morgan fingerprint density at radius 3 is 2.50 bits per heavy atom. The lowest BCUT2D eigenvalue weighted by Gasteiger charge is -2.30. The number of hydrogen-bond donors (Lipinski definition) is 2. The molecule has 3 rings (SSSR count). The maximum absolute atomic E-state index is 12.5. The molecular weight excluding hydrogens is 272 g/mol. The fourth-order valence-electron chi connectivity index (χ4n) is 3.04. The van der Waals surface area contributed by atoms with E-state index in [-0.39, 0.29) is 11.9 Å². The Morgan fingerprint density at radius 2 is 1.77 bits per heavy atom. The number of benzene rings is 2. The minimum atomic E-state index is -0.0466. The first-order valence-electron chi connectivity index (χ1n) is 7.92. The topological polar surface area (TPSA) is 33.5 Å². The average molecular weight is 295 g/mol. The summed E-state index contributed by atoms with van der Waals surface area (Å²) in [5.41, 5.74) is 4.87. The number of aryl methyl sites for hydroxylation is 1. The molecule has 0 fully saturated rings. The van der Waals surface area contributed by atoms with Crippen LogP contribution >= 0.6 is 0 Å². The fourth-order valence-corrected chi connectivity index (χ4v) is 3.04. The molecule has 2 aromatic rings. The SMILES string of the molecule is Cc1ccc(NC(=O)[C@@H](C)[NH+]2CCc3ccccc3C2)cc1. The van der Waals surface area contributed by atoms with E-state index in [4.69, 9.17) is 0 Å². The number of rotatable bonds is 3. The molecule has 1 aliphatic heterocycles. The summed E-state index contributed by atoms with van der Waals surface area (Å²) in [7, 11) is 0. The first-order chi connectivity index (χ1) is 10.6. The molecule has 0 saturated heterocycles. The maximum atomic E-state index is 12.5. The Bertz CT molecular complexity index is 663. The Morgan fingerprint density at radius 1 is 1.09 bits per heavy atom. The van der Waals surface area contributed by atoms with E-state index in [0.29, 0.717) is 0 Å². The molecule has 114 valence electrons. The fraction of sp³-hybridized carbons (Fsp3) is 0.316. The van der Waals surface area contributed by atoms with Gasteiger partial charge >= 0.3 is 0 Å². The van der Waals surface area contributed by atoms with E-state index in [1.165, 1.54) is 21.6 Å². The molecular formula is C19H23N2O+. The number of carbonyl (C=O) groups excluding carboxylic acids is 1. The molecule has 0 aliphatic carbocycles. The van der Waals surface area contributed by atoms with E-state index in [1.54, 1.807) is 0 Å². The first-order valence-corrected chi connectivity index (χ1v) is 7.92. The maximum Gasteiger partial charge on any atom is 0.282 e. The van der Waals surface area contributed by atoms with Gasteiger partial charge in [0.2, 0.25) is 0 Å². The molecule has 2 atom stereocenters. The van der Waals surface area contributed by atoms with Crippen LogP contribution in [-0.4, -0.2) is 18.5 Å². The van der Waals surface area contributed by atoms with Gasteiger partial charge < -0.3 is 10.2 Å². The van der Waals surface area contributed by atoms with E-state index >= 15 is 0 Å². The van der Waals surface area contributed by atoms with Crippen molar-refractivity contribution in [3.63, 3.8) is 0 Å². The highest BCUT2D eigenvalue weighted by Gasteiger charge is 2.28. The van der Waals surface area contributed by atoms with Crippen molar-refractivity contribution in [1.29, 1.82) is 0 Å². The van der Waals surface area contributed by atoms with E-state index in [9.17, 15) is 4.79 Å². The summed E-state index contributed by atoms with van der Waals surface area (Å²) in [5, 5.41) is 3.03. The summed E-state index contributed by atoms with van der Waals surface area (Å²) < 4.78 is 0. The quantitative estimate of drug-likeness (QED) is 0.892. The molecule has 0 bridgehead atoms. The van der Waals surface area contributed by atoms with Gasteiger partial charge in [0.25, 0.3) is 5.91 Å². The lowest BCUT2D eigenvalue weighted by Crippen LogP contribution is -3.16. The van der Waals surface area contributed by atoms with Gasteiger partial charge in [-0.25, -0.2) is 0 Å². The largest absolute Gasteiger partial charge is 0.321 e. The van der Waals surface area contributed by atoms with Crippen LogP contribution in [0.1, 0.15) is 23.6 Å². The van der Waals surface area contributed by atoms with Gasteiger partial charge in [-0.15, -0.1) is 0 Å². The Hall–Kier alpha value is -2.13. The molecule has 22 heavy (non-hydrogen) atoms. The van der Waals surface area contributed by atoms with Gasteiger partial charge in [-0.05, 0) is 31.5 Å². The lowest BCUT2D eigenvalue weighted by atomic mass is 9.99. The molecule has 2 N–H and O–H groups in total. The summed E-state index contributed by atoms with van der Waals surface area (Å²) in [6.07, 6.45) is 1.05. The van der Waals surface area contributed by atoms with E-state index < -0.39 is 0 Å². The second-order valence-corrected chi connectivity index (χ2v) is 6.18. The highest BCUT2D eigenvalue weighted by molar-refractivity contribution is 5.93. The monoisotopic (exact) mass is 295 g/mol. The van der Waals surface area contributed by atoms with Crippen LogP contribution in [0.3, 0.4) is 0 Å². The third-order valence-electron chi connectivity index (χ3n) is 4.58. The molecule has 0 saturated carbocycles. The molecule has 3 heteroatoms. The number of nitrogens with one attached hydrogen (secondary N) is 2. The number of amides is 1. The molecule has 1 amide bonds. The third kappa shape index (κ3) is 3.20. The van der Waals surface area contributed by atoms with Crippen molar-refractivity contribution < 1.29 is 9.69 Å². The zero-order valence-corrected chi connectivity index (χ0v) is 13.2. The molecule has 2 aromatic carbocycles. The van der Waals surface area contributed by atoms with E-state index in [1.807, 2.05) is 38.1 Å². The van der Waals surface area contributed by atoms with Crippen molar-refractivity contribution in [2.45, 2.75) is 32.9 Å². The minimum absolute atomic E-state index is 0.0466. The normalized spacial score (nSPS) is 18.4. The second-order valence-electron chi connectivity index (χ2n) is 6.18. The Labute approximate surface area is 132 Å². The Balaban J connectivity index is 1.65. The van der Waals surface area contributed by atoms with Crippen LogP contribution in [0.25, 0.3) is 0 Å². The molecule has 0 aromatic heterocycles. The minimum Gasteiger partial charge on any atom is -0.321 e. The predicted octanol–water partition coefficient (Wildman–Crippen LogP) is 1.96. The summed E-state index contributed by atoms with van der Waals surface area (Å²) >= 11 is 0. The van der Waals surface area contributed by atoms with Crippen LogP contribution in [0, 0.1) is 6.92 Å². The van der Waals surface area contributed by atoms with Gasteiger partial charge in [0.15, 0.2) is 6.04 Å². The van der Waals surface area contributed by atoms with Crippen molar-refractivity contribution in [2.75, 3.05) is 11.9 Å². The number of carbonyl (C=O) groups is 1. The summed E-state index contributed by atoms with van der Waals surface area (Å²) in [4.78, 5) is 13.8. The highest BCUT2D eigenvalue weighted by Crippen LogP contribution is 2.12. The molecule has 0 radical (unpaired) electrons. The number of anilines is 1. The Kier molecular flexibility index (Phi) is 4.25. The zero-order chi connectivity index (χ0) is 15.5. The van der Waals surface area contributed by atoms with Gasteiger partial charge in [0, 0.05) is 17.7 Å². The smallest absolute Gasteiger partial charge is 0.282 e. The van der Waals surface area contributed by atoms with Crippen molar-refractivity contribution >= 4 is 11.6 Å². The summed E-state index contributed by atoms with van der Waals surface area (Å²) in [5.74, 6) is 0.0956. The number of hydrogen-bond acceptors (Lipinski definition) is 1. The van der Waals surface area contributed by atoms with Crippen molar-refractivity contribution in [3.8, 4) is 0 Å². The van der Waals surface area contributed by atoms with Gasteiger partial charge in [0.05, 0.1) is 6.54 Å². The van der Waals surface area contributed by atoms with Gasteiger partial charge in [-0.1, -0.05) is 42.0 Å². The molecule has 1 unspecified atom stereocenters. The van der Waals surface area contributed by atoms with Crippen LogP contribution in [0.2, 0.25) is 0 Å². The summed E-state index contributed by atoms with van der Waals surface area (Å²) in [6.45, 7) is 6.01. The summed E-state index contributed by atoms with van der Waals surface area (Å²) in [6, 6.07) is 16.5. The zero-order valence-electron chi connectivity index (χ0n) is 13.2. The van der Waals surface area contributed by atoms with Crippen LogP contribution in [0.4, 0.5) is 5.69 Å². The second kappa shape index (κ2) is 6.32. The first kappa shape index (κ1) is 14.8. The van der Waals surface area contributed by atoms with E-state index in [0.717, 1.165) is 25.2 Å². The molecule has 0 spiro atoms.